The molecular formula is C23H26N2O3S. The average molecular weight is 411 g/mol. The Morgan fingerprint density at radius 1 is 1.41 bits per heavy atom. The molecule has 2 fully saturated rings. The summed E-state index contributed by atoms with van der Waals surface area (Å²) >= 11 is 4.94. The summed E-state index contributed by atoms with van der Waals surface area (Å²) < 4.78 is 13.0. The van der Waals surface area contributed by atoms with E-state index < -0.39 is 5.60 Å². The minimum absolute atomic E-state index is 0.0139. The number of benzene rings is 1. The van der Waals surface area contributed by atoms with Crippen molar-refractivity contribution in [3.63, 3.8) is 0 Å². The Morgan fingerprint density at radius 2 is 2.24 bits per heavy atom. The van der Waals surface area contributed by atoms with E-state index in [1.54, 1.807) is 13.2 Å². The lowest BCUT2D eigenvalue weighted by atomic mass is 9.36. The highest BCUT2D eigenvalue weighted by Crippen LogP contribution is 2.74. The minimum atomic E-state index is -0.600. The molecule has 0 aromatic heterocycles. The molecule has 6 heteroatoms. The Labute approximate surface area is 176 Å². The minimum Gasteiger partial charge on any atom is -0.504 e. The summed E-state index contributed by atoms with van der Waals surface area (Å²) in [7, 11) is 4.03. The molecule has 1 aromatic carbocycles. The number of isothiocyanates is 1. The number of rotatable bonds is 3. The van der Waals surface area contributed by atoms with Gasteiger partial charge in [-0.1, -0.05) is 18.2 Å². The molecule has 0 amide bonds. The molecule has 7 rings (SSSR count). The molecule has 2 aliphatic heterocycles. The van der Waals surface area contributed by atoms with Gasteiger partial charge in [0.25, 0.3) is 0 Å². The number of hydrogen-bond acceptors (Lipinski definition) is 6. The van der Waals surface area contributed by atoms with Crippen LogP contribution in [0.15, 0.2) is 29.3 Å². The molecule has 5 nitrogen and oxygen atoms in total. The summed E-state index contributed by atoms with van der Waals surface area (Å²) in [4.78, 5) is 6.99. The third kappa shape index (κ3) is 1.74. The van der Waals surface area contributed by atoms with Crippen LogP contribution in [0.5, 0.6) is 11.5 Å². The largest absolute Gasteiger partial charge is 0.504 e. The second kappa shape index (κ2) is 5.50. The molecular weight excluding hydrogens is 384 g/mol. The van der Waals surface area contributed by atoms with Crippen molar-refractivity contribution in [2.75, 3.05) is 20.7 Å². The molecule has 2 heterocycles. The Hall–Kier alpha value is -1.72. The van der Waals surface area contributed by atoms with Gasteiger partial charge in [0.15, 0.2) is 11.5 Å². The van der Waals surface area contributed by atoms with Crippen LogP contribution >= 0.6 is 12.2 Å². The highest BCUT2D eigenvalue weighted by atomic mass is 32.1. The quantitative estimate of drug-likeness (QED) is 0.471. The van der Waals surface area contributed by atoms with Crippen molar-refractivity contribution in [3.05, 3.63) is 35.4 Å². The van der Waals surface area contributed by atoms with Crippen molar-refractivity contribution in [2.45, 2.75) is 55.4 Å². The van der Waals surface area contributed by atoms with Crippen molar-refractivity contribution >= 4 is 17.4 Å². The Morgan fingerprint density at radius 3 is 3.00 bits per heavy atom. The molecule has 1 saturated carbocycles. The van der Waals surface area contributed by atoms with Crippen molar-refractivity contribution in [1.82, 2.24) is 4.90 Å². The number of aromatic hydroxyl groups is 1. The standard InChI is InChI=1S/C23H26N2O3S/c1-13(24-12-29)15-11-21-6-7-23(15,27-3)20-22(21)8-9-25(2)17(21)10-14-4-5-16(26)19(28-20)18(14)22/h4-7,13,15,17,20,26H,8-11H2,1-3H3/t13?,15?,17?,20-,21-,22?,23-/m1/s1. The van der Waals surface area contributed by atoms with E-state index in [1.165, 1.54) is 11.1 Å². The number of nitrogens with zero attached hydrogens (tertiary/aromatic N) is 2. The number of likely N-dealkylation sites (tertiary alicyclic amines) is 1. The number of hydrogen-bond donors (Lipinski definition) is 1. The summed E-state index contributed by atoms with van der Waals surface area (Å²) in [6, 6.07) is 4.27. The Kier molecular flexibility index (Phi) is 3.43. The maximum absolute atomic E-state index is 10.7. The van der Waals surface area contributed by atoms with Crippen LogP contribution in [0.1, 0.15) is 30.9 Å². The van der Waals surface area contributed by atoms with Crippen LogP contribution in [-0.4, -0.2) is 59.7 Å². The van der Waals surface area contributed by atoms with Crippen molar-refractivity contribution in [2.24, 2.45) is 16.3 Å². The van der Waals surface area contributed by atoms with Gasteiger partial charge in [-0.3, -0.25) is 0 Å². The number of phenolic OH excluding ortho intramolecular Hbond substituents is 1. The second-order valence-corrected chi connectivity index (χ2v) is 9.75. The van der Waals surface area contributed by atoms with Crippen LogP contribution in [0.2, 0.25) is 0 Å². The maximum atomic E-state index is 10.7. The first kappa shape index (κ1) is 18.1. The van der Waals surface area contributed by atoms with Gasteiger partial charge in [0.1, 0.15) is 11.7 Å². The predicted octanol–water partition coefficient (Wildman–Crippen LogP) is 3.10. The van der Waals surface area contributed by atoms with E-state index in [4.69, 9.17) is 21.7 Å². The van der Waals surface area contributed by atoms with Gasteiger partial charge in [-0.25, -0.2) is 4.99 Å². The van der Waals surface area contributed by atoms with Crippen LogP contribution in [0, 0.1) is 11.3 Å². The van der Waals surface area contributed by atoms with Gasteiger partial charge in [0, 0.05) is 30.0 Å². The zero-order valence-corrected chi connectivity index (χ0v) is 17.8. The molecule has 0 radical (unpaired) electrons. The molecule has 1 aromatic rings. The lowest BCUT2D eigenvalue weighted by molar-refractivity contribution is -0.216. The third-order valence-electron chi connectivity index (χ3n) is 8.96. The van der Waals surface area contributed by atoms with Gasteiger partial charge in [-0.05, 0) is 63.6 Å². The molecule has 1 saturated heterocycles. The van der Waals surface area contributed by atoms with Crippen molar-refractivity contribution in [1.29, 1.82) is 0 Å². The lowest BCUT2D eigenvalue weighted by Crippen LogP contribution is -2.79. The highest BCUT2D eigenvalue weighted by molar-refractivity contribution is 7.78. The van der Waals surface area contributed by atoms with Gasteiger partial charge in [-0.2, -0.15) is 0 Å². The molecule has 7 atom stereocenters. The van der Waals surface area contributed by atoms with E-state index in [9.17, 15) is 5.11 Å². The molecule has 2 spiro atoms. The van der Waals surface area contributed by atoms with Gasteiger partial charge in [-0.15, -0.1) is 0 Å². The van der Waals surface area contributed by atoms with Crippen LogP contribution in [0.3, 0.4) is 0 Å². The molecule has 4 unspecified atom stereocenters. The molecule has 152 valence electrons. The summed E-state index contributed by atoms with van der Waals surface area (Å²) in [5.74, 6) is 1.06. The van der Waals surface area contributed by atoms with Gasteiger partial charge < -0.3 is 19.5 Å². The first-order valence-corrected chi connectivity index (χ1v) is 10.9. The number of piperidine rings is 1. The fourth-order valence-corrected chi connectivity index (χ4v) is 8.00. The normalized spacial score (nSPS) is 44.0. The van der Waals surface area contributed by atoms with Crippen molar-refractivity contribution in [3.8, 4) is 11.5 Å². The number of likely N-dealkylation sites (N-methyl/N-ethyl adjacent to an activating group) is 1. The van der Waals surface area contributed by atoms with E-state index >= 15 is 0 Å². The van der Waals surface area contributed by atoms with E-state index in [-0.39, 0.29) is 34.6 Å². The molecule has 4 bridgehead atoms. The van der Waals surface area contributed by atoms with Crippen LogP contribution in [-0.2, 0) is 16.6 Å². The summed E-state index contributed by atoms with van der Waals surface area (Å²) in [6.07, 6.45) is 7.45. The fraction of sp³-hybridized carbons (Fsp3) is 0.609. The topological polar surface area (TPSA) is 54.3 Å². The van der Waals surface area contributed by atoms with E-state index in [1.807, 2.05) is 0 Å². The molecule has 29 heavy (non-hydrogen) atoms. The van der Waals surface area contributed by atoms with Crippen LogP contribution in [0.25, 0.3) is 0 Å². The van der Waals surface area contributed by atoms with E-state index in [0.29, 0.717) is 11.8 Å². The maximum Gasteiger partial charge on any atom is 0.165 e. The number of aliphatic imine (C=N–C) groups is 1. The number of fused-ring (bicyclic) bond motifs is 1. The number of thiocarbonyl (C=S) groups is 1. The summed E-state index contributed by atoms with van der Waals surface area (Å²) in [5, 5.41) is 13.3. The molecule has 4 aliphatic carbocycles. The Bertz CT molecular complexity index is 1000. The number of phenols is 1. The molecule has 1 N–H and O–H groups in total. The lowest BCUT2D eigenvalue weighted by Gasteiger charge is -2.71. The third-order valence-corrected chi connectivity index (χ3v) is 9.07. The number of ether oxygens (including phenoxy) is 2. The van der Waals surface area contributed by atoms with E-state index in [2.05, 4.69) is 47.2 Å². The first-order valence-electron chi connectivity index (χ1n) is 10.5. The number of methoxy groups -OCH3 is 1. The Balaban J connectivity index is 1.68. The monoisotopic (exact) mass is 410 g/mol. The van der Waals surface area contributed by atoms with Gasteiger partial charge in [0.05, 0.1) is 16.6 Å². The van der Waals surface area contributed by atoms with Crippen LogP contribution in [0.4, 0.5) is 0 Å². The zero-order valence-electron chi connectivity index (χ0n) is 17.0. The second-order valence-electron chi connectivity index (χ2n) is 9.57. The molecule has 6 aliphatic rings. The fourth-order valence-electron chi connectivity index (χ4n) is 7.83. The smallest absolute Gasteiger partial charge is 0.165 e. The first-order chi connectivity index (χ1) is 13.9. The van der Waals surface area contributed by atoms with Crippen LogP contribution < -0.4 is 4.74 Å². The van der Waals surface area contributed by atoms with Crippen molar-refractivity contribution < 1.29 is 14.6 Å². The summed E-state index contributed by atoms with van der Waals surface area (Å²) in [5.41, 5.74) is 1.72. The SMILES string of the molecule is CO[C@]12C=C[C@@]3(CC1C(C)N=C=S)C1Cc4ccc(O)c5c4C3(CCN1C)[C@H]2O5. The van der Waals surface area contributed by atoms with Gasteiger partial charge >= 0.3 is 0 Å². The zero-order chi connectivity index (χ0) is 20.2. The average Bonchev–Trinajstić information content (AvgIpc) is 3.09. The van der Waals surface area contributed by atoms with Gasteiger partial charge in [0.2, 0.25) is 0 Å². The predicted molar refractivity (Wildman–Crippen MR) is 113 cm³/mol. The highest BCUT2D eigenvalue weighted by Gasteiger charge is 2.79. The summed E-state index contributed by atoms with van der Waals surface area (Å²) in [6.45, 7) is 3.13. The van der Waals surface area contributed by atoms with E-state index in [0.717, 1.165) is 25.8 Å².